The molecule has 0 saturated heterocycles. The molecule has 0 aliphatic rings. The van der Waals surface area contributed by atoms with Crippen LogP contribution in [0.1, 0.15) is 34.0 Å². The van der Waals surface area contributed by atoms with Crippen molar-refractivity contribution in [2.75, 3.05) is 5.32 Å². The number of hydrogen-bond acceptors (Lipinski definition) is 4. The molecule has 0 aliphatic heterocycles. The predicted molar refractivity (Wildman–Crippen MR) is 142 cm³/mol. The van der Waals surface area contributed by atoms with Crippen molar-refractivity contribution in [2.24, 2.45) is 5.10 Å². The van der Waals surface area contributed by atoms with Crippen LogP contribution in [0.2, 0.25) is 5.02 Å². The second-order valence-corrected chi connectivity index (χ2v) is 8.56. The molecule has 2 amide bonds. The van der Waals surface area contributed by atoms with Gasteiger partial charge in [0.05, 0.1) is 5.71 Å². The summed E-state index contributed by atoms with van der Waals surface area (Å²) >= 11 is 5.89. The van der Waals surface area contributed by atoms with E-state index in [1.165, 1.54) is 0 Å². The van der Waals surface area contributed by atoms with Crippen LogP contribution in [0.5, 0.6) is 0 Å². The van der Waals surface area contributed by atoms with Crippen LogP contribution in [0.4, 0.5) is 5.69 Å². The number of hydrogen-bond donors (Lipinski definition) is 3. The summed E-state index contributed by atoms with van der Waals surface area (Å²) in [5.74, 6) is -0.964. The summed E-state index contributed by atoms with van der Waals surface area (Å²) < 4.78 is 0. The highest BCUT2D eigenvalue weighted by molar-refractivity contribution is 6.30. The van der Waals surface area contributed by atoms with Crippen LogP contribution in [0.15, 0.2) is 114 Å². The number of halogens is 1. The first-order chi connectivity index (χ1) is 17.4. The van der Waals surface area contributed by atoms with E-state index in [1.54, 1.807) is 97.9 Å². The Morgan fingerprint density at radius 2 is 1.36 bits per heavy atom. The maximum absolute atomic E-state index is 13.3. The van der Waals surface area contributed by atoms with Crippen LogP contribution in [0, 0.1) is 0 Å². The fourth-order valence-corrected chi connectivity index (χ4v) is 3.82. The number of carbonyl (C=O) groups excluding carboxylic acids is 2. The number of amides is 2. The highest BCUT2D eigenvalue weighted by Crippen LogP contribution is 2.30. The second-order valence-electron chi connectivity index (χ2n) is 8.12. The monoisotopic (exact) mass is 497 g/mol. The van der Waals surface area contributed by atoms with E-state index in [1.807, 2.05) is 18.2 Å². The Morgan fingerprint density at radius 3 is 1.94 bits per heavy atom. The predicted octanol–water partition coefficient (Wildman–Crippen LogP) is 5.37. The Kier molecular flexibility index (Phi) is 7.59. The lowest BCUT2D eigenvalue weighted by Crippen LogP contribution is -2.43. The smallest absolute Gasteiger partial charge is 0.281 e. The summed E-state index contributed by atoms with van der Waals surface area (Å²) in [4.78, 5) is 25.8. The van der Waals surface area contributed by atoms with E-state index >= 15 is 0 Å². The largest absolute Gasteiger partial charge is 0.372 e. The number of aliphatic hydroxyl groups is 1. The van der Waals surface area contributed by atoms with Gasteiger partial charge in [0.1, 0.15) is 0 Å². The maximum atomic E-state index is 13.3. The molecule has 4 aromatic rings. The molecule has 3 N–H and O–H groups in total. The van der Waals surface area contributed by atoms with Gasteiger partial charge in [-0.3, -0.25) is 9.59 Å². The van der Waals surface area contributed by atoms with Gasteiger partial charge in [-0.15, -0.1) is 0 Å². The van der Waals surface area contributed by atoms with Gasteiger partial charge in [0.25, 0.3) is 11.8 Å². The lowest BCUT2D eigenvalue weighted by atomic mass is 9.85. The third-order valence-electron chi connectivity index (χ3n) is 5.68. The van der Waals surface area contributed by atoms with Gasteiger partial charge in [-0.25, -0.2) is 5.43 Å². The molecule has 0 aliphatic carbocycles. The normalized spacial score (nSPS) is 11.6. The average Bonchev–Trinajstić information content (AvgIpc) is 2.92. The zero-order valence-electron chi connectivity index (χ0n) is 19.5. The van der Waals surface area contributed by atoms with Crippen LogP contribution in [0.25, 0.3) is 0 Å². The third kappa shape index (κ3) is 5.51. The van der Waals surface area contributed by atoms with Gasteiger partial charge in [-0.1, -0.05) is 84.4 Å². The van der Waals surface area contributed by atoms with Crippen molar-refractivity contribution in [3.63, 3.8) is 0 Å². The SMILES string of the molecule is C/C(=N/NC(=O)C(O)(c1ccccc1)c1ccccc1)c1cccc(NC(=O)c2ccc(Cl)cc2)c1. The summed E-state index contributed by atoms with van der Waals surface area (Å²) in [6.45, 7) is 1.73. The summed E-state index contributed by atoms with van der Waals surface area (Å²) in [6, 6.07) is 31.1. The Balaban J connectivity index is 1.53. The molecule has 0 heterocycles. The summed E-state index contributed by atoms with van der Waals surface area (Å²) in [6.07, 6.45) is 0. The zero-order valence-corrected chi connectivity index (χ0v) is 20.2. The second kappa shape index (κ2) is 11.0. The minimum absolute atomic E-state index is 0.275. The summed E-state index contributed by atoms with van der Waals surface area (Å²) in [5.41, 5.74) is 3.65. The first kappa shape index (κ1) is 24.9. The van der Waals surface area contributed by atoms with Crippen LogP contribution in [-0.4, -0.2) is 22.6 Å². The molecule has 0 saturated carbocycles. The van der Waals surface area contributed by atoms with Gasteiger partial charge in [0.2, 0.25) is 0 Å². The van der Waals surface area contributed by atoms with Crippen molar-refractivity contribution in [2.45, 2.75) is 12.5 Å². The molecular weight excluding hydrogens is 474 g/mol. The first-order valence-corrected chi connectivity index (χ1v) is 11.6. The number of rotatable bonds is 7. The molecular formula is C29H24ClN3O3. The van der Waals surface area contributed by atoms with E-state index in [4.69, 9.17) is 11.6 Å². The Labute approximate surface area is 214 Å². The molecule has 0 spiro atoms. The Bertz CT molecular complexity index is 1350. The lowest BCUT2D eigenvalue weighted by molar-refractivity contribution is -0.136. The molecule has 6 nitrogen and oxygen atoms in total. The van der Waals surface area contributed by atoms with Gasteiger partial charge < -0.3 is 10.4 Å². The van der Waals surface area contributed by atoms with Crippen molar-refractivity contribution >= 4 is 34.8 Å². The minimum atomic E-state index is -1.93. The highest BCUT2D eigenvalue weighted by Gasteiger charge is 2.39. The number of benzene rings is 4. The molecule has 4 aromatic carbocycles. The van der Waals surface area contributed by atoms with E-state index in [9.17, 15) is 14.7 Å². The van der Waals surface area contributed by atoms with E-state index in [2.05, 4.69) is 15.8 Å². The standard InChI is InChI=1S/C29H24ClN3O3/c1-20(22-9-8-14-26(19-22)31-27(34)21-15-17-25(30)18-16-21)32-33-28(35)29(36,23-10-4-2-5-11-23)24-12-6-3-7-13-24/h2-19,36H,1H3,(H,31,34)(H,33,35)/b32-20-. The number of nitrogens with zero attached hydrogens (tertiary/aromatic N) is 1. The molecule has 0 radical (unpaired) electrons. The van der Waals surface area contributed by atoms with Crippen LogP contribution in [-0.2, 0) is 10.4 Å². The number of hydrazone groups is 1. The van der Waals surface area contributed by atoms with Crippen LogP contribution < -0.4 is 10.7 Å². The molecule has 7 heteroatoms. The van der Waals surface area contributed by atoms with Gasteiger partial charge in [0.15, 0.2) is 5.60 Å². The van der Waals surface area contributed by atoms with Gasteiger partial charge >= 0.3 is 0 Å². The molecule has 4 rings (SSSR count). The minimum Gasteiger partial charge on any atom is -0.372 e. The fourth-order valence-electron chi connectivity index (χ4n) is 3.69. The van der Waals surface area contributed by atoms with Crippen molar-refractivity contribution < 1.29 is 14.7 Å². The van der Waals surface area contributed by atoms with E-state index in [0.717, 1.165) is 0 Å². The van der Waals surface area contributed by atoms with Crippen molar-refractivity contribution in [3.05, 3.63) is 136 Å². The Morgan fingerprint density at radius 1 is 0.778 bits per heavy atom. The third-order valence-corrected chi connectivity index (χ3v) is 5.93. The van der Waals surface area contributed by atoms with Gasteiger partial charge in [0, 0.05) is 16.3 Å². The Hall–Kier alpha value is -4.26. The van der Waals surface area contributed by atoms with Crippen molar-refractivity contribution in [1.29, 1.82) is 0 Å². The fraction of sp³-hybridized carbons (Fsp3) is 0.0690. The average molecular weight is 498 g/mol. The quantitative estimate of drug-likeness (QED) is 0.237. The van der Waals surface area contributed by atoms with Crippen LogP contribution >= 0.6 is 11.6 Å². The number of anilines is 1. The molecule has 180 valence electrons. The highest BCUT2D eigenvalue weighted by atomic mass is 35.5. The van der Waals surface area contributed by atoms with Crippen molar-refractivity contribution in [3.8, 4) is 0 Å². The summed E-state index contributed by atoms with van der Waals surface area (Å²) in [5, 5.41) is 19.2. The van der Waals surface area contributed by atoms with E-state index in [-0.39, 0.29) is 5.91 Å². The molecule has 36 heavy (non-hydrogen) atoms. The molecule has 0 fully saturated rings. The topological polar surface area (TPSA) is 90.8 Å². The van der Waals surface area contributed by atoms with E-state index in [0.29, 0.717) is 38.7 Å². The first-order valence-electron chi connectivity index (χ1n) is 11.2. The lowest BCUT2D eigenvalue weighted by Gasteiger charge is -2.27. The van der Waals surface area contributed by atoms with Gasteiger partial charge in [-0.05, 0) is 60.0 Å². The number of carbonyl (C=O) groups is 2. The van der Waals surface area contributed by atoms with Crippen molar-refractivity contribution in [1.82, 2.24) is 5.43 Å². The van der Waals surface area contributed by atoms with E-state index < -0.39 is 11.5 Å². The molecule has 0 aromatic heterocycles. The van der Waals surface area contributed by atoms with Crippen LogP contribution in [0.3, 0.4) is 0 Å². The number of nitrogens with one attached hydrogen (secondary N) is 2. The van der Waals surface area contributed by atoms with Gasteiger partial charge in [-0.2, -0.15) is 5.10 Å². The molecule has 0 unspecified atom stereocenters. The molecule has 0 bridgehead atoms. The molecule has 0 atom stereocenters. The maximum Gasteiger partial charge on any atom is 0.281 e. The summed E-state index contributed by atoms with van der Waals surface area (Å²) in [7, 11) is 0. The zero-order chi connectivity index (χ0) is 25.5.